The van der Waals surface area contributed by atoms with Crippen LogP contribution in [0.1, 0.15) is 35.9 Å². The Balaban J connectivity index is 1.47. The van der Waals surface area contributed by atoms with Crippen LogP contribution >= 0.6 is 35.6 Å². The number of ether oxygens (including phenoxy) is 1. The van der Waals surface area contributed by atoms with Gasteiger partial charge in [0, 0.05) is 16.7 Å². The zero-order valence-corrected chi connectivity index (χ0v) is 20.1. The van der Waals surface area contributed by atoms with Gasteiger partial charge in [0.05, 0.1) is 22.8 Å². The summed E-state index contributed by atoms with van der Waals surface area (Å²) in [6.45, 7) is 2.46. The molecule has 1 saturated heterocycles. The molecule has 0 bridgehead atoms. The molecule has 1 amide bonds. The van der Waals surface area contributed by atoms with E-state index in [0.29, 0.717) is 43.6 Å². The average molecular weight is 498 g/mol. The molecule has 0 aliphatic carbocycles. The number of hydrogen-bond donors (Lipinski definition) is 0. The molecule has 0 atom stereocenters. The fraction of sp³-hybridized carbons (Fsp3) is 0.160. The molecular formula is C25H20ClNO4S2. The number of thiocarbonyl (C=S) groups is 1. The van der Waals surface area contributed by atoms with Crippen LogP contribution in [0, 0.1) is 0 Å². The molecule has 0 spiro atoms. The van der Waals surface area contributed by atoms with Gasteiger partial charge >= 0.3 is 5.97 Å². The van der Waals surface area contributed by atoms with E-state index >= 15 is 0 Å². The monoisotopic (exact) mass is 497 g/mol. The summed E-state index contributed by atoms with van der Waals surface area (Å²) in [5, 5.41) is 0.587. The van der Waals surface area contributed by atoms with Gasteiger partial charge in [-0.1, -0.05) is 61.1 Å². The third kappa shape index (κ3) is 5.38. The van der Waals surface area contributed by atoms with Crippen molar-refractivity contribution < 1.29 is 18.7 Å². The van der Waals surface area contributed by atoms with Crippen molar-refractivity contribution in [3.05, 3.63) is 81.9 Å². The first-order valence-corrected chi connectivity index (χ1v) is 12.0. The highest BCUT2D eigenvalue weighted by molar-refractivity contribution is 8.27. The molecular weight excluding hydrogens is 478 g/mol. The quantitative estimate of drug-likeness (QED) is 0.152. The highest BCUT2D eigenvalue weighted by Gasteiger charge is 2.33. The van der Waals surface area contributed by atoms with Crippen LogP contribution in [0.3, 0.4) is 0 Å². The van der Waals surface area contributed by atoms with Crippen LogP contribution in [0.5, 0.6) is 0 Å². The number of anilines is 1. The van der Waals surface area contributed by atoms with Crippen molar-refractivity contribution in [3.8, 4) is 11.3 Å². The first-order valence-electron chi connectivity index (χ1n) is 10.4. The van der Waals surface area contributed by atoms with Crippen LogP contribution < -0.4 is 4.90 Å². The maximum absolute atomic E-state index is 12.9. The van der Waals surface area contributed by atoms with Gasteiger partial charge in [-0.3, -0.25) is 9.69 Å². The minimum Gasteiger partial charge on any atom is -0.462 e. The molecule has 1 aliphatic heterocycles. The number of furan rings is 1. The lowest BCUT2D eigenvalue weighted by Gasteiger charge is -2.14. The topological polar surface area (TPSA) is 59.8 Å². The van der Waals surface area contributed by atoms with Gasteiger partial charge < -0.3 is 9.15 Å². The van der Waals surface area contributed by atoms with E-state index in [1.165, 1.54) is 16.7 Å². The zero-order valence-electron chi connectivity index (χ0n) is 17.7. The molecule has 1 aliphatic rings. The average Bonchev–Trinajstić information content (AvgIpc) is 3.39. The second-order valence-corrected chi connectivity index (χ2v) is 9.37. The summed E-state index contributed by atoms with van der Waals surface area (Å²) in [7, 11) is 0. The van der Waals surface area contributed by atoms with Gasteiger partial charge in [-0.15, -0.1) is 0 Å². The molecule has 2 aromatic carbocycles. The summed E-state index contributed by atoms with van der Waals surface area (Å²) in [5.41, 5.74) is 1.97. The number of hydrogen-bond acceptors (Lipinski definition) is 6. The lowest BCUT2D eigenvalue weighted by molar-refractivity contribution is -0.113. The molecule has 3 aromatic rings. The van der Waals surface area contributed by atoms with Crippen molar-refractivity contribution in [2.75, 3.05) is 11.5 Å². The second-order valence-electron chi connectivity index (χ2n) is 7.26. The Kier molecular flexibility index (Phi) is 7.33. The molecule has 0 saturated carbocycles. The fourth-order valence-electron chi connectivity index (χ4n) is 3.16. The predicted octanol–water partition coefficient (Wildman–Crippen LogP) is 6.96. The number of carbonyl (C=O) groups is 2. The highest BCUT2D eigenvalue weighted by atomic mass is 35.5. The molecule has 0 N–H and O–H groups in total. The summed E-state index contributed by atoms with van der Waals surface area (Å²) in [4.78, 5) is 26.9. The minimum absolute atomic E-state index is 0.212. The molecule has 33 heavy (non-hydrogen) atoms. The third-order valence-electron chi connectivity index (χ3n) is 4.91. The van der Waals surface area contributed by atoms with Gasteiger partial charge in [0.25, 0.3) is 5.91 Å². The van der Waals surface area contributed by atoms with E-state index in [0.717, 1.165) is 18.4 Å². The Labute approximate surface area is 206 Å². The van der Waals surface area contributed by atoms with Gasteiger partial charge in [0.15, 0.2) is 4.32 Å². The van der Waals surface area contributed by atoms with E-state index in [4.69, 9.17) is 33.0 Å². The van der Waals surface area contributed by atoms with Crippen LogP contribution in [0.4, 0.5) is 5.69 Å². The summed E-state index contributed by atoms with van der Waals surface area (Å²) in [6.07, 6.45) is 3.49. The number of esters is 1. The normalized spacial score (nSPS) is 14.8. The highest BCUT2D eigenvalue weighted by Crippen LogP contribution is 2.37. The van der Waals surface area contributed by atoms with E-state index in [1.807, 2.05) is 13.0 Å². The molecule has 5 nitrogen and oxygen atoms in total. The number of halogens is 1. The van der Waals surface area contributed by atoms with Gasteiger partial charge in [-0.05, 0) is 55.0 Å². The van der Waals surface area contributed by atoms with Crippen molar-refractivity contribution in [3.63, 3.8) is 0 Å². The minimum atomic E-state index is -0.335. The molecule has 8 heteroatoms. The number of thioether (sulfide) groups is 1. The van der Waals surface area contributed by atoms with Crippen LogP contribution in [0.15, 0.2) is 70.0 Å². The van der Waals surface area contributed by atoms with E-state index in [2.05, 4.69) is 0 Å². The molecule has 168 valence electrons. The largest absolute Gasteiger partial charge is 0.462 e. The Morgan fingerprint density at radius 2 is 1.85 bits per heavy atom. The van der Waals surface area contributed by atoms with E-state index in [1.54, 1.807) is 60.7 Å². The zero-order chi connectivity index (χ0) is 23.4. The first kappa shape index (κ1) is 23.3. The Morgan fingerprint density at radius 1 is 1.12 bits per heavy atom. The van der Waals surface area contributed by atoms with Crippen molar-refractivity contribution in [2.45, 2.75) is 19.8 Å². The maximum Gasteiger partial charge on any atom is 0.338 e. The number of rotatable bonds is 7. The lowest BCUT2D eigenvalue weighted by atomic mass is 10.1. The van der Waals surface area contributed by atoms with E-state index < -0.39 is 0 Å². The van der Waals surface area contributed by atoms with Crippen molar-refractivity contribution >= 4 is 63.5 Å². The molecule has 0 radical (unpaired) electrons. The van der Waals surface area contributed by atoms with E-state index in [9.17, 15) is 9.59 Å². The van der Waals surface area contributed by atoms with E-state index in [-0.39, 0.29) is 11.9 Å². The predicted molar refractivity (Wildman–Crippen MR) is 136 cm³/mol. The standard InChI is InChI=1S/C25H20ClNO4S2/c1-2-3-14-30-24(29)17-6-4-16(5-7-17)21-13-12-20(31-21)15-22-23(28)27(25(32)33-22)19-10-8-18(26)9-11-19/h4-13,15H,2-3,14H2,1H3/b22-15+. The third-order valence-corrected chi connectivity index (χ3v) is 6.47. The van der Waals surface area contributed by atoms with Crippen LogP contribution in [-0.2, 0) is 9.53 Å². The summed E-state index contributed by atoms with van der Waals surface area (Å²) >= 11 is 12.6. The summed E-state index contributed by atoms with van der Waals surface area (Å²) < 4.78 is 11.6. The summed E-state index contributed by atoms with van der Waals surface area (Å²) in [5.74, 6) is 0.610. The Hall–Kier alpha value is -2.87. The number of nitrogens with zero attached hydrogens (tertiary/aromatic N) is 1. The van der Waals surface area contributed by atoms with Crippen molar-refractivity contribution in [2.24, 2.45) is 0 Å². The first-order chi connectivity index (χ1) is 16.0. The SMILES string of the molecule is CCCCOC(=O)c1ccc(-c2ccc(/C=C3/SC(=S)N(c4ccc(Cl)cc4)C3=O)o2)cc1. The van der Waals surface area contributed by atoms with Gasteiger partial charge in [-0.2, -0.15) is 0 Å². The number of carbonyl (C=O) groups excluding carboxylic acids is 2. The molecule has 1 fully saturated rings. The Bertz CT molecular complexity index is 1220. The molecule has 2 heterocycles. The van der Waals surface area contributed by atoms with Crippen LogP contribution in [0.2, 0.25) is 5.02 Å². The Morgan fingerprint density at radius 3 is 2.55 bits per heavy atom. The van der Waals surface area contributed by atoms with Crippen LogP contribution in [0.25, 0.3) is 17.4 Å². The summed E-state index contributed by atoms with van der Waals surface area (Å²) in [6, 6.07) is 17.6. The number of amides is 1. The lowest BCUT2D eigenvalue weighted by Crippen LogP contribution is -2.27. The van der Waals surface area contributed by atoms with Gasteiger partial charge in [0.1, 0.15) is 11.5 Å². The molecule has 0 unspecified atom stereocenters. The van der Waals surface area contributed by atoms with Crippen molar-refractivity contribution in [1.29, 1.82) is 0 Å². The molecule has 1 aromatic heterocycles. The van der Waals surface area contributed by atoms with Crippen LogP contribution in [-0.4, -0.2) is 22.8 Å². The van der Waals surface area contributed by atoms with Gasteiger partial charge in [-0.25, -0.2) is 4.79 Å². The smallest absolute Gasteiger partial charge is 0.338 e. The molecule has 4 rings (SSSR count). The maximum atomic E-state index is 12.9. The number of unbranched alkanes of at least 4 members (excludes halogenated alkanes) is 1. The number of benzene rings is 2. The van der Waals surface area contributed by atoms with Crippen molar-refractivity contribution in [1.82, 2.24) is 0 Å². The second kappa shape index (κ2) is 10.4. The van der Waals surface area contributed by atoms with Gasteiger partial charge in [0.2, 0.25) is 0 Å². The fourth-order valence-corrected chi connectivity index (χ4v) is 4.56.